The van der Waals surface area contributed by atoms with E-state index in [0.717, 1.165) is 18.7 Å². The summed E-state index contributed by atoms with van der Waals surface area (Å²) in [6.07, 6.45) is 2.36. The van der Waals surface area contributed by atoms with E-state index in [4.69, 9.17) is 4.74 Å². The highest BCUT2D eigenvalue weighted by atomic mass is 16.5. The van der Waals surface area contributed by atoms with Crippen molar-refractivity contribution in [3.63, 3.8) is 0 Å². The fourth-order valence-corrected chi connectivity index (χ4v) is 2.55. The van der Waals surface area contributed by atoms with Crippen molar-refractivity contribution in [2.75, 3.05) is 20.7 Å². The molecule has 0 aliphatic heterocycles. The molecule has 1 aromatic rings. The van der Waals surface area contributed by atoms with Crippen LogP contribution >= 0.6 is 0 Å². The molecule has 0 fully saturated rings. The first kappa shape index (κ1) is 16.0. The first-order valence-corrected chi connectivity index (χ1v) is 7.35. The summed E-state index contributed by atoms with van der Waals surface area (Å²) in [5.74, 6) is 2.23. The van der Waals surface area contributed by atoms with Gasteiger partial charge in [-0.25, -0.2) is 0 Å². The molecule has 1 rings (SSSR count). The monoisotopic (exact) mass is 263 g/mol. The maximum atomic E-state index is 5.51. The van der Waals surface area contributed by atoms with Gasteiger partial charge in [-0.1, -0.05) is 33.3 Å². The van der Waals surface area contributed by atoms with Crippen molar-refractivity contribution >= 4 is 0 Å². The molecule has 0 saturated heterocycles. The Labute approximate surface area is 118 Å². The van der Waals surface area contributed by atoms with Crippen LogP contribution in [-0.4, -0.2) is 20.7 Å². The number of ether oxygens (including phenoxy) is 1. The highest BCUT2D eigenvalue weighted by Gasteiger charge is 2.14. The molecular weight excluding hydrogens is 234 g/mol. The second kappa shape index (κ2) is 7.54. The average molecular weight is 263 g/mol. The van der Waals surface area contributed by atoms with Crippen molar-refractivity contribution in [2.45, 2.75) is 46.5 Å². The standard InChI is InChI=1S/C17H29NO/c1-7-14(11-18-5)9-15-10-16(12(2)3)17(19-6)8-13(15)4/h8,10,12,14,18H,7,9,11H2,1-6H3. The minimum Gasteiger partial charge on any atom is -0.496 e. The summed E-state index contributed by atoms with van der Waals surface area (Å²) in [6, 6.07) is 4.54. The lowest BCUT2D eigenvalue weighted by Crippen LogP contribution is -2.20. The summed E-state index contributed by atoms with van der Waals surface area (Å²) < 4.78 is 5.51. The van der Waals surface area contributed by atoms with Crippen molar-refractivity contribution in [1.82, 2.24) is 5.32 Å². The number of hydrogen-bond donors (Lipinski definition) is 1. The van der Waals surface area contributed by atoms with E-state index in [-0.39, 0.29) is 0 Å². The van der Waals surface area contributed by atoms with E-state index in [1.807, 2.05) is 7.05 Å². The van der Waals surface area contributed by atoms with E-state index in [2.05, 4.69) is 45.1 Å². The SMILES string of the molecule is CCC(CNC)Cc1cc(C(C)C)c(OC)cc1C. The second-order valence-corrected chi connectivity index (χ2v) is 5.71. The van der Waals surface area contributed by atoms with Crippen molar-refractivity contribution in [1.29, 1.82) is 0 Å². The second-order valence-electron chi connectivity index (χ2n) is 5.71. The summed E-state index contributed by atoms with van der Waals surface area (Å²) in [5.41, 5.74) is 4.13. The average Bonchev–Trinajstić information content (AvgIpc) is 2.39. The Balaban J connectivity index is 3.03. The highest BCUT2D eigenvalue weighted by molar-refractivity contribution is 5.44. The third-order valence-electron chi connectivity index (χ3n) is 3.89. The van der Waals surface area contributed by atoms with Crippen molar-refractivity contribution < 1.29 is 4.74 Å². The van der Waals surface area contributed by atoms with Gasteiger partial charge in [-0.15, -0.1) is 0 Å². The normalized spacial score (nSPS) is 12.8. The van der Waals surface area contributed by atoms with E-state index >= 15 is 0 Å². The smallest absolute Gasteiger partial charge is 0.122 e. The molecule has 2 heteroatoms. The molecule has 0 radical (unpaired) electrons. The van der Waals surface area contributed by atoms with E-state index in [1.165, 1.54) is 23.1 Å². The third-order valence-corrected chi connectivity index (χ3v) is 3.89. The summed E-state index contributed by atoms with van der Waals surface area (Å²) in [4.78, 5) is 0. The first-order chi connectivity index (χ1) is 9.03. The minimum atomic E-state index is 0.499. The van der Waals surface area contributed by atoms with Crippen LogP contribution in [0.1, 0.15) is 49.8 Å². The Bertz CT molecular complexity index is 398. The summed E-state index contributed by atoms with van der Waals surface area (Å²) in [5, 5.41) is 3.29. The van der Waals surface area contributed by atoms with Gasteiger partial charge in [0.2, 0.25) is 0 Å². The molecule has 0 aliphatic carbocycles. The molecule has 1 N–H and O–H groups in total. The van der Waals surface area contributed by atoms with Crippen LogP contribution in [-0.2, 0) is 6.42 Å². The summed E-state index contributed by atoms with van der Waals surface area (Å²) in [6.45, 7) is 9.99. The Hall–Kier alpha value is -1.02. The summed E-state index contributed by atoms with van der Waals surface area (Å²) >= 11 is 0. The molecule has 2 nitrogen and oxygen atoms in total. The van der Waals surface area contributed by atoms with Crippen molar-refractivity contribution in [3.05, 3.63) is 28.8 Å². The van der Waals surface area contributed by atoms with Gasteiger partial charge in [0.1, 0.15) is 5.75 Å². The number of methoxy groups -OCH3 is 1. The molecule has 0 spiro atoms. The molecule has 0 aromatic heterocycles. The first-order valence-electron chi connectivity index (χ1n) is 7.35. The van der Waals surface area contributed by atoms with Crippen LogP contribution in [0.5, 0.6) is 5.75 Å². The number of rotatable bonds is 7. The fourth-order valence-electron chi connectivity index (χ4n) is 2.55. The van der Waals surface area contributed by atoms with E-state index in [9.17, 15) is 0 Å². The number of hydrogen-bond acceptors (Lipinski definition) is 2. The fraction of sp³-hybridized carbons (Fsp3) is 0.647. The molecule has 1 aromatic carbocycles. The molecule has 1 atom stereocenters. The van der Waals surface area contributed by atoms with Crippen LogP contribution in [0.3, 0.4) is 0 Å². The molecule has 0 saturated carbocycles. The van der Waals surface area contributed by atoms with Crippen LogP contribution < -0.4 is 10.1 Å². The lowest BCUT2D eigenvalue weighted by molar-refractivity contribution is 0.406. The van der Waals surface area contributed by atoms with Gasteiger partial charge in [0.25, 0.3) is 0 Å². The minimum absolute atomic E-state index is 0.499. The molecule has 1 unspecified atom stereocenters. The zero-order valence-electron chi connectivity index (χ0n) is 13.3. The third kappa shape index (κ3) is 4.24. The molecule has 19 heavy (non-hydrogen) atoms. The zero-order chi connectivity index (χ0) is 14.4. The van der Waals surface area contributed by atoms with Crippen LogP contribution in [0.25, 0.3) is 0 Å². The molecule has 0 bridgehead atoms. The van der Waals surface area contributed by atoms with Crippen molar-refractivity contribution in [3.8, 4) is 5.75 Å². The van der Waals surface area contributed by atoms with Crippen LogP contribution in [0.15, 0.2) is 12.1 Å². The largest absolute Gasteiger partial charge is 0.496 e. The van der Waals surface area contributed by atoms with Crippen LogP contribution in [0.2, 0.25) is 0 Å². The quantitative estimate of drug-likeness (QED) is 0.805. The Morgan fingerprint density at radius 3 is 2.42 bits per heavy atom. The van der Waals surface area contributed by atoms with Crippen LogP contribution in [0, 0.1) is 12.8 Å². The molecule has 108 valence electrons. The van der Waals surface area contributed by atoms with Gasteiger partial charge in [-0.05, 0) is 61.5 Å². The maximum absolute atomic E-state index is 5.51. The number of benzene rings is 1. The Morgan fingerprint density at radius 2 is 1.95 bits per heavy atom. The lowest BCUT2D eigenvalue weighted by Gasteiger charge is -2.19. The maximum Gasteiger partial charge on any atom is 0.122 e. The van der Waals surface area contributed by atoms with Crippen LogP contribution in [0.4, 0.5) is 0 Å². The molecule has 0 aliphatic rings. The van der Waals surface area contributed by atoms with E-state index in [0.29, 0.717) is 11.8 Å². The number of nitrogens with one attached hydrogen (secondary N) is 1. The molecule has 0 amide bonds. The van der Waals surface area contributed by atoms with Crippen molar-refractivity contribution in [2.24, 2.45) is 5.92 Å². The van der Waals surface area contributed by atoms with Gasteiger partial charge in [-0.3, -0.25) is 0 Å². The van der Waals surface area contributed by atoms with Gasteiger partial charge in [0.05, 0.1) is 7.11 Å². The van der Waals surface area contributed by atoms with Gasteiger partial charge < -0.3 is 10.1 Å². The van der Waals surface area contributed by atoms with Gasteiger partial charge >= 0.3 is 0 Å². The lowest BCUT2D eigenvalue weighted by atomic mass is 9.90. The topological polar surface area (TPSA) is 21.3 Å². The number of aryl methyl sites for hydroxylation is 1. The Kier molecular flexibility index (Phi) is 6.36. The van der Waals surface area contributed by atoms with Gasteiger partial charge in [-0.2, -0.15) is 0 Å². The van der Waals surface area contributed by atoms with Gasteiger partial charge in [0.15, 0.2) is 0 Å². The Morgan fingerprint density at radius 1 is 1.26 bits per heavy atom. The summed E-state index contributed by atoms with van der Waals surface area (Å²) in [7, 11) is 3.79. The highest BCUT2D eigenvalue weighted by Crippen LogP contribution is 2.30. The van der Waals surface area contributed by atoms with Gasteiger partial charge in [0, 0.05) is 0 Å². The van der Waals surface area contributed by atoms with E-state index < -0.39 is 0 Å². The predicted molar refractivity (Wildman–Crippen MR) is 83.2 cm³/mol. The molecular formula is C17H29NO. The zero-order valence-corrected chi connectivity index (χ0v) is 13.3. The predicted octanol–water partition coefficient (Wildman–Crippen LogP) is 3.92. The van der Waals surface area contributed by atoms with E-state index in [1.54, 1.807) is 7.11 Å². The molecule has 0 heterocycles.